The molecule has 1 aromatic carbocycles. The van der Waals surface area contributed by atoms with E-state index in [9.17, 15) is 9.50 Å². The Labute approximate surface area is 101 Å². The minimum absolute atomic E-state index is 0.291. The second-order valence-corrected chi connectivity index (χ2v) is 5.99. The molecular weight excluding hydrogens is 223 g/mol. The SMILES string of the molecule is CSc1cc(C)cc(C(O)C(C)(C)C)c1F. The van der Waals surface area contributed by atoms with Crippen LogP contribution in [0.1, 0.15) is 38.0 Å². The van der Waals surface area contributed by atoms with Gasteiger partial charge in [0, 0.05) is 10.5 Å². The minimum atomic E-state index is -0.779. The molecule has 0 aliphatic carbocycles. The molecule has 0 aromatic heterocycles. The molecule has 0 amide bonds. The van der Waals surface area contributed by atoms with Gasteiger partial charge in [-0.15, -0.1) is 11.8 Å². The first kappa shape index (κ1) is 13.5. The van der Waals surface area contributed by atoms with E-state index in [1.807, 2.05) is 34.0 Å². The fourth-order valence-corrected chi connectivity index (χ4v) is 2.18. The van der Waals surface area contributed by atoms with E-state index in [1.54, 1.807) is 12.1 Å². The van der Waals surface area contributed by atoms with Crippen LogP contribution < -0.4 is 0 Å². The maximum absolute atomic E-state index is 14.1. The quantitative estimate of drug-likeness (QED) is 0.793. The second kappa shape index (κ2) is 4.76. The van der Waals surface area contributed by atoms with Crippen molar-refractivity contribution in [1.29, 1.82) is 0 Å². The summed E-state index contributed by atoms with van der Waals surface area (Å²) < 4.78 is 14.1. The summed E-state index contributed by atoms with van der Waals surface area (Å²) in [6.07, 6.45) is 1.06. The number of benzene rings is 1. The summed E-state index contributed by atoms with van der Waals surface area (Å²) in [5.74, 6) is -0.291. The van der Waals surface area contributed by atoms with Crippen LogP contribution in [0.15, 0.2) is 17.0 Å². The van der Waals surface area contributed by atoms with Gasteiger partial charge in [-0.3, -0.25) is 0 Å². The van der Waals surface area contributed by atoms with Crippen molar-refractivity contribution in [2.75, 3.05) is 6.26 Å². The van der Waals surface area contributed by atoms with E-state index in [1.165, 1.54) is 11.8 Å². The van der Waals surface area contributed by atoms with E-state index >= 15 is 0 Å². The molecule has 1 rings (SSSR count). The molecule has 0 saturated carbocycles. The third-order valence-electron chi connectivity index (χ3n) is 2.55. The van der Waals surface area contributed by atoms with Gasteiger partial charge < -0.3 is 5.11 Å². The lowest BCUT2D eigenvalue weighted by atomic mass is 9.84. The summed E-state index contributed by atoms with van der Waals surface area (Å²) >= 11 is 1.37. The van der Waals surface area contributed by atoms with Crippen molar-refractivity contribution in [2.24, 2.45) is 5.41 Å². The third-order valence-corrected chi connectivity index (χ3v) is 3.28. The van der Waals surface area contributed by atoms with Crippen LogP contribution in [-0.2, 0) is 0 Å². The van der Waals surface area contributed by atoms with Crippen LogP contribution in [0.5, 0.6) is 0 Å². The monoisotopic (exact) mass is 242 g/mol. The highest BCUT2D eigenvalue weighted by Gasteiger charge is 2.27. The third kappa shape index (κ3) is 2.77. The summed E-state index contributed by atoms with van der Waals surface area (Å²) in [4.78, 5) is 0.596. The molecule has 0 saturated heterocycles. The molecule has 1 aromatic rings. The summed E-state index contributed by atoms with van der Waals surface area (Å²) in [5.41, 5.74) is 1.02. The van der Waals surface area contributed by atoms with Crippen molar-refractivity contribution in [1.82, 2.24) is 0 Å². The van der Waals surface area contributed by atoms with Crippen LogP contribution in [0.4, 0.5) is 4.39 Å². The van der Waals surface area contributed by atoms with Crippen molar-refractivity contribution in [3.63, 3.8) is 0 Å². The van der Waals surface area contributed by atoms with Crippen LogP contribution in [0, 0.1) is 18.2 Å². The first-order valence-corrected chi connectivity index (χ1v) is 6.52. The lowest BCUT2D eigenvalue weighted by molar-refractivity contribution is 0.0590. The molecule has 0 bridgehead atoms. The average molecular weight is 242 g/mol. The van der Waals surface area contributed by atoms with Gasteiger partial charge >= 0.3 is 0 Å². The van der Waals surface area contributed by atoms with E-state index in [-0.39, 0.29) is 11.2 Å². The van der Waals surface area contributed by atoms with Crippen LogP contribution in [0.2, 0.25) is 0 Å². The Hall–Kier alpha value is -0.540. The highest BCUT2D eigenvalue weighted by Crippen LogP contribution is 2.36. The summed E-state index contributed by atoms with van der Waals surface area (Å²) in [6.45, 7) is 7.62. The summed E-state index contributed by atoms with van der Waals surface area (Å²) in [5, 5.41) is 10.1. The van der Waals surface area contributed by atoms with Crippen molar-refractivity contribution in [3.8, 4) is 0 Å². The first-order chi connectivity index (χ1) is 7.27. The number of halogens is 1. The molecule has 1 nitrogen and oxygen atoms in total. The number of aliphatic hydroxyl groups is 1. The van der Waals surface area contributed by atoms with Crippen LogP contribution in [-0.4, -0.2) is 11.4 Å². The lowest BCUT2D eigenvalue weighted by Crippen LogP contribution is -2.19. The highest BCUT2D eigenvalue weighted by molar-refractivity contribution is 7.98. The Kier molecular flexibility index (Phi) is 4.02. The number of rotatable bonds is 2. The molecule has 1 unspecified atom stereocenters. The van der Waals surface area contributed by atoms with Gasteiger partial charge in [0.15, 0.2) is 0 Å². The summed E-state index contributed by atoms with van der Waals surface area (Å²) in [6, 6.07) is 3.53. The van der Waals surface area contributed by atoms with Crippen molar-refractivity contribution < 1.29 is 9.50 Å². The van der Waals surface area contributed by atoms with Crippen molar-refractivity contribution in [2.45, 2.75) is 38.7 Å². The predicted octanol–water partition coefficient (Wildman–Crippen LogP) is 3.94. The van der Waals surface area contributed by atoms with Gasteiger partial charge in [0.2, 0.25) is 0 Å². The number of aliphatic hydroxyl groups excluding tert-OH is 1. The molecule has 1 N–H and O–H groups in total. The summed E-state index contributed by atoms with van der Waals surface area (Å²) in [7, 11) is 0. The normalized spacial score (nSPS) is 13.9. The standard InChI is InChI=1S/C13H19FOS/c1-8-6-9(12(15)13(2,3)4)11(14)10(7-8)16-5/h6-7,12,15H,1-5H3. The van der Waals surface area contributed by atoms with Gasteiger partial charge in [-0.25, -0.2) is 4.39 Å². The minimum Gasteiger partial charge on any atom is -0.388 e. The molecule has 0 radical (unpaired) electrons. The molecule has 90 valence electrons. The predicted molar refractivity (Wildman–Crippen MR) is 67.3 cm³/mol. The smallest absolute Gasteiger partial charge is 0.142 e. The van der Waals surface area contributed by atoms with Crippen LogP contribution in [0.25, 0.3) is 0 Å². The van der Waals surface area contributed by atoms with Gasteiger partial charge in [0.25, 0.3) is 0 Å². The second-order valence-electron chi connectivity index (χ2n) is 5.14. The molecular formula is C13H19FOS. The highest BCUT2D eigenvalue weighted by atomic mass is 32.2. The molecule has 3 heteroatoms. The number of thioether (sulfide) groups is 1. The molecule has 0 aliphatic heterocycles. The van der Waals surface area contributed by atoms with E-state index in [0.717, 1.165) is 5.56 Å². The zero-order chi connectivity index (χ0) is 12.5. The first-order valence-electron chi connectivity index (χ1n) is 5.29. The lowest BCUT2D eigenvalue weighted by Gasteiger charge is -2.27. The Balaban J connectivity index is 3.28. The zero-order valence-electron chi connectivity index (χ0n) is 10.5. The van der Waals surface area contributed by atoms with E-state index in [0.29, 0.717) is 10.5 Å². The fourth-order valence-electron chi connectivity index (χ4n) is 1.58. The van der Waals surface area contributed by atoms with E-state index in [4.69, 9.17) is 0 Å². The number of hydrogen-bond acceptors (Lipinski definition) is 2. The van der Waals surface area contributed by atoms with Gasteiger partial charge in [-0.1, -0.05) is 26.8 Å². The van der Waals surface area contributed by atoms with Crippen LogP contribution in [0.3, 0.4) is 0 Å². The fraction of sp³-hybridized carbons (Fsp3) is 0.538. The molecule has 0 heterocycles. The largest absolute Gasteiger partial charge is 0.388 e. The van der Waals surface area contributed by atoms with Gasteiger partial charge in [0.05, 0.1) is 6.10 Å². The maximum Gasteiger partial charge on any atom is 0.142 e. The molecule has 0 spiro atoms. The Bertz CT molecular complexity index is 382. The zero-order valence-corrected chi connectivity index (χ0v) is 11.3. The van der Waals surface area contributed by atoms with Crippen molar-refractivity contribution >= 4 is 11.8 Å². The number of hydrogen-bond donors (Lipinski definition) is 1. The average Bonchev–Trinajstić information content (AvgIpc) is 2.18. The van der Waals surface area contributed by atoms with Gasteiger partial charge in [0.1, 0.15) is 5.82 Å². The molecule has 1 atom stereocenters. The number of aryl methyl sites for hydroxylation is 1. The van der Waals surface area contributed by atoms with E-state index < -0.39 is 6.10 Å². The van der Waals surface area contributed by atoms with Crippen LogP contribution >= 0.6 is 11.8 Å². The molecule has 16 heavy (non-hydrogen) atoms. The topological polar surface area (TPSA) is 20.2 Å². The van der Waals surface area contributed by atoms with E-state index in [2.05, 4.69) is 0 Å². The Morgan fingerprint density at radius 1 is 1.31 bits per heavy atom. The van der Waals surface area contributed by atoms with Crippen molar-refractivity contribution in [3.05, 3.63) is 29.1 Å². The maximum atomic E-state index is 14.1. The Morgan fingerprint density at radius 3 is 2.31 bits per heavy atom. The van der Waals surface area contributed by atoms with Gasteiger partial charge in [-0.05, 0) is 30.2 Å². The Morgan fingerprint density at radius 2 is 1.88 bits per heavy atom. The molecule has 0 fully saturated rings. The van der Waals surface area contributed by atoms with Gasteiger partial charge in [-0.2, -0.15) is 0 Å². The molecule has 0 aliphatic rings.